The largest absolute Gasteiger partial charge is 0.386 e. The predicted octanol–water partition coefficient (Wildman–Crippen LogP) is 9.20. The maximum absolute atomic E-state index is 10.2. The van der Waals surface area contributed by atoms with Crippen LogP contribution in [0.2, 0.25) is 0 Å². The van der Waals surface area contributed by atoms with E-state index in [0.29, 0.717) is 0 Å². The predicted molar refractivity (Wildman–Crippen MR) is 184 cm³/mol. The molecule has 6 rings (SSSR count). The monoisotopic (exact) mass is 656 g/mol. The van der Waals surface area contributed by atoms with Crippen LogP contribution in [0.5, 0.6) is 0 Å². The van der Waals surface area contributed by atoms with E-state index < -0.39 is 0 Å². The van der Waals surface area contributed by atoms with Crippen molar-refractivity contribution in [1.29, 1.82) is 0 Å². The molecular formula is C39H41N3OY. The van der Waals surface area contributed by atoms with Gasteiger partial charge in [-0.3, -0.25) is 10.3 Å². The number of benzene rings is 5. The average Bonchev–Trinajstić information content (AvgIpc) is 3.08. The number of nitrogens with two attached hydrogens (primary N) is 1. The van der Waals surface area contributed by atoms with Crippen LogP contribution >= 0.6 is 0 Å². The van der Waals surface area contributed by atoms with Crippen molar-refractivity contribution in [2.75, 3.05) is 31.5 Å². The summed E-state index contributed by atoms with van der Waals surface area (Å²) in [6, 6.07) is 39.4. The molecule has 5 heteroatoms. The molecule has 0 amide bonds. The molecule has 221 valence electrons. The summed E-state index contributed by atoms with van der Waals surface area (Å²) >= 11 is 0. The van der Waals surface area contributed by atoms with Crippen LogP contribution in [0.4, 0.5) is 11.4 Å². The summed E-state index contributed by atoms with van der Waals surface area (Å²) in [6.07, 6.45) is 8.85. The third-order valence-electron chi connectivity index (χ3n) is 8.59. The summed E-state index contributed by atoms with van der Waals surface area (Å²) in [6.45, 7) is 2.37. The molecule has 1 radical (unpaired) electrons. The molecule has 5 aromatic rings. The van der Waals surface area contributed by atoms with Gasteiger partial charge in [0.1, 0.15) is 0 Å². The van der Waals surface area contributed by atoms with E-state index in [1.165, 1.54) is 45.6 Å². The Morgan fingerprint density at radius 1 is 0.727 bits per heavy atom. The number of rotatable bonds is 7. The molecule has 0 aromatic heterocycles. The van der Waals surface area contributed by atoms with Crippen molar-refractivity contribution in [3.05, 3.63) is 144 Å². The van der Waals surface area contributed by atoms with Crippen LogP contribution in [0.25, 0.3) is 33.0 Å². The molecule has 4 N–H and O–H groups in total. The number of nitrogens with zero attached hydrogens (tertiary/aromatic N) is 1. The van der Waals surface area contributed by atoms with Crippen LogP contribution in [-0.4, -0.2) is 26.4 Å². The van der Waals surface area contributed by atoms with Gasteiger partial charge >= 0.3 is 0 Å². The zero-order valence-corrected chi connectivity index (χ0v) is 28.9. The number of anilines is 2. The Hall–Kier alpha value is -3.54. The zero-order chi connectivity index (χ0) is 30.4. The van der Waals surface area contributed by atoms with Crippen LogP contribution in [0, 0.1) is 0 Å². The van der Waals surface area contributed by atoms with Crippen LogP contribution in [0.3, 0.4) is 0 Å². The Morgan fingerprint density at radius 2 is 1.39 bits per heavy atom. The van der Waals surface area contributed by atoms with E-state index in [1.54, 1.807) is 7.05 Å². The van der Waals surface area contributed by atoms with Gasteiger partial charge in [-0.05, 0) is 95.2 Å². The van der Waals surface area contributed by atoms with Crippen molar-refractivity contribution in [2.24, 2.45) is 5.73 Å². The van der Waals surface area contributed by atoms with Gasteiger partial charge in [-0.15, -0.1) is 0 Å². The summed E-state index contributed by atoms with van der Waals surface area (Å²) in [5.41, 5.74) is 14.5. The SMILES string of the molecule is CN.CNc1ccc(-c2ccc(C(C)(C3=CC=CCC3)c3cccc(-c4ccc5ccccc5c4)c3)cc2)cc1N(C)O.[Y]. The van der Waals surface area contributed by atoms with E-state index in [0.717, 1.165) is 40.4 Å². The second-order valence-electron chi connectivity index (χ2n) is 11.0. The molecule has 44 heavy (non-hydrogen) atoms. The van der Waals surface area contributed by atoms with E-state index in [9.17, 15) is 5.21 Å². The van der Waals surface area contributed by atoms with Gasteiger partial charge in [-0.1, -0.05) is 109 Å². The third kappa shape index (κ3) is 6.75. The Kier molecular flexibility index (Phi) is 11.3. The van der Waals surface area contributed by atoms with E-state index in [1.807, 2.05) is 19.2 Å². The minimum absolute atomic E-state index is 0. The molecule has 1 aliphatic carbocycles. The fourth-order valence-electron chi connectivity index (χ4n) is 6.12. The van der Waals surface area contributed by atoms with Crippen LogP contribution in [0.1, 0.15) is 30.9 Å². The van der Waals surface area contributed by atoms with Crippen molar-refractivity contribution in [3.63, 3.8) is 0 Å². The molecule has 0 aliphatic heterocycles. The van der Waals surface area contributed by atoms with Gasteiger partial charge in [0.05, 0.1) is 11.4 Å². The van der Waals surface area contributed by atoms with E-state index >= 15 is 0 Å². The Balaban J connectivity index is 0.00000144. The fourth-order valence-corrected chi connectivity index (χ4v) is 6.12. The van der Waals surface area contributed by atoms with Crippen molar-refractivity contribution in [3.8, 4) is 22.3 Å². The summed E-state index contributed by atoms with van der Waals surface area (Å²) in [7, 11) is 5.01. The summed E-state index contributed by atoms with van der Waals surface area (Å²) in [5.74, 6) is 0. The number of fused-ring (bicyclic) bond motifs is 1. The summed E-state index contributed by atoms with van der Waals surface area (Å²) in [4.78, 5) is 0. The molecule has 0 saturated carbocycles. The summed E-state index contributed by atoms with van der Waals surface area (Å²) < 4.78 is 0. The molecular weight excluding hydrogens is 615 g/mol. The number of allylic oxidation sites excluding steroid dienone is 4. The normalized spacial score (nSPS) is 13.5. The Morgan fingerprint density at radius 3 is 2.07 bits per heavy atom. The first kappa shape index (κ1) is 33.4. The molecule has 0 saturated heterocycles. The first-order chi connectivity index (χ1) is 21.0. The topological polar surface area (TPSA) is 61.5 Å². The van der Waals surface area contributed by atoms with Crippen molar-refractivity contribution < 1.29 is 37.9 Å². The van der Waals surface area contributed by atoms with Gasteiger partial charge in [-0.2, -0.15) is 0 Å². The van der Waals surface area contributed by atoms with Gasteiger partial charge < -0.3 is 11.1 Å². The number of hydroxylamine groups is 1. The fraction of sp³-hybridized carbons (Fsp3) is 0.179. The molecule has 0 bridgehead atoms. The molecule has 1 atom stereocenters. The smallest absolute Gasteiger partial charge is 0.0868 e. The van der Waals surface area contributed by atoms with Gasteiger partial charge in [0.15, 0.2) is 0 Å². The van der Waals surface area contributed by atoms with E-state index in [2.05, 4.69) is 133 Å². The van der Waals surface area contributed by atoms with Crippen LogP contribution < -0.4 is 16.1 Å². The molecule has 0 fully saturated rings. The second kappa shape index (κ2) is 15.0. The first-order valence-electron chi connectivity index (χ1n) is 14.9. The van der Waals surface area contributed by atoms with Gasteiger partial charge in [0, 0.05) is 52.2 Å². The number of hydrogen-bond acceptors (Lipinski definition) is 4. The van der Waals surface area contributed by atoms with Gasteiger partial charge in [0.25, 0.3) is 0 Å². The van der Waals surface area contributed by atoms with Crippen LogP contribution in [0.15, 0.2) is 133 Å². The molecule has 0 spiro atoms. The quantitative estimate of drug-likeness (QED) is 0.153. The number of hydrogen-bond donors (Lipinski definition) is 3. The summed E-state index contributed by atoms with van der Waals surface area (Å²) in [5, 5.41) is 17.0. The first-order valence-corrected chi connectivity index (χ1v) is 14.9. The Labute approximate surface area is 287 Å². The molecule has 0 heterocycles. The molecule has 5 aromatic carbocycles. The van der Waals surface area contributed by atoms with Gasteiger partial charge in [0.2, 0.25) is 0 Å². The van der Waals surface area contributed by atoms with Crippen molar-refractivity contribution >= 4 is 22.1 Å². The third-order valence-corrected chi connectivity index (χ3v) is 8.59. The minimum atomic E-state index is -0.275. The minimum Gasteiger partial charge on any atom is -0.386 e. The molecule has 4 nitrogen and oxygen atoms in total. The van der Waals surface area contributed by atoms with E-state index in [-0.39, 0.29) is 38.1 Å². The zero-order valence-electron chi connectivity index (χ0n) is 26.1. The van der Waals surface area contributed by atoms with Crippen LogP contribution in [-0.2, 0) is 38.1 Å². The maximum atomic E-state index is 10.2. The maximum Gasteiger partial charge on any atom is 0.0868 e. The van der Waals surface area contributed by atoms with E-state index in [4.69, 9.17) is 0 Å². The molecule has 1 aliphatic rings. The Bertz CT molecular complexity index is 1770. The van der Waals surface area contributed by atoms with Gasteiger partial charge in [-0.25, -0.2) is 0 Å². The number of nitrogens with one attached hydrogen (secondary N) is 1. The van der Waals surface area contributed by atoms with Crippen molar-refractivity contribution in [1.82, 2.24) is 0 Å². The second-order valence-corrected chi connectivity index (χ2v) is 11.0. The molecule has 1 unspecified atom stereocenters. The average molecular weight is 657 g/mol. The standard InChI is InChI=1S/C38H36N2O.CH5N.Y/c1-38(33-13-5-4-6-14-33,34-21-18-28(19-22-34)32-20-23-36(39-2)37(26-32)40(3)41)35-15-9-12-30(25-35)31-17-16-27-10-7-8-11-29(27)24-31;1-2;/h4-5,7-13,15-26,39,41H,6,14H2,1-3H3;2H2,1H3;. The van der Waals surface area contributed by atoms with Crippen molar-refractivity contribution in [2.45, 2.75) is 25.2 Å².